The van der Waals surface area contributed by atoms with Gasteiger partial charge in [-0.2, -0.15) is 0 Å². The van der Waals surface area contributed by atoms with Gasteiger partial charge >= 0.3 is 0 Å². The number of ether oxygens (including phenoxy) is 1. The zero-order chi connectivity index (χ0) is 21.4. The van der Waals surface area contributed by atoms with Crippen molar-refractivity contribution < 1.29 is 22.7 Å². The molecule has 0 spiro atoms. The summed E-state index contributed by atoms with van der Waals surface area (Å²) < 4.78 is 29.3. The van der Waals surface area contributed by atoms with E-state index in [1.54, 1.807) is 43.5 Å². The van der Waals surface area contributed by atoms with Crippen LogP contribution in [0.3, 0.4) is 0 Å². The van der Waals surface area contributed by atoms with E-state index in [-0.39, 0.29) is 5.91 Å². The molecule has 0 aliphatic rings. The highest BCUT2D eigenvalue weighted by Gasteiger charge is 2.15. The first-order valence-electron chi connectivity index (χ1n) is 8.95. The number of methoxy groups -OCH3 is 1. The van der Waals surface area contributed by atoms with Crippen LogP contribution in [0.5, 0.6) is 0 Å². The fraction of sp³-hybridized carbons (Fsp3) is 0.300. The second-order valence-electron chi connectivity index (χ2n) is 6.38. The summed E-state index contributed by atoms with van der Waals surface area (Å²) in [5.41, 5.74) is 1.52. The summed E-state index contributed by atoms with van der Waals surface area (Å²) in [4.78, 5) is 25.0. The van der Waals surface area contributed by atoms with Crippen LogP contribution < -0.4 is 14.9 Å². The zero-order valence-corrected chi connectivity index (χ0v) is 17.5. The minimum Gasteiger partial charge on any atom is -0.385 e. The van der Waals surface area contributed by atoms with E-state index in [1.807, 2.05) is 0 Å². The van der Waals surface area contributed by atoms with E-state index < -0.39 is 15.9 Å². The van der Waals surface area contributed by atoms with E-state index in [4.69, 9.17) is 4.74 Å². The third kappa shape index (κ3) is 6.30. The van der Waals surface area contributed by atoms with Crippen molar-refractivity contribution in [2.45, 2.75) is 6.42 Å². The van der Waals surface area contributed by atoms with E-state index >= 15 is 0 Å². The van der Waals surface area contributed by atoms with Gasteiger partial charge in [0.2, 0.25) is 10.0 Å². The van der Waals surface area contributed by atoms with Gasteiger partial charge in [-0.25, -0.2) is 8.42 Å². The molecule has 0 heterocycles. The molecule has 9 heteroatoms. The molecule has 0 bridgehead atoms. The Hall–Kier alpha value is -2.91. The van der Waals surface area contributed by atoms with Crippen LogP contribution >= 0.6 is 0 Å². The van der Waals surface area contributed by atoms with Crippen molar-refractivity contribution in [3.8, 4) is 0 Å². The number of hydrogen-bond donors (Lipinski definition) is 2. The van der Waals surface area contributed by atoms with Crippen LogP contribution in [0.25, 0.3) is 0 Å². The van der Waals surface area contributed by atoms with Crippen molar-refractivity contribution in [1.82, 2.24) is 5.32 Å². The average Bonchev–Trinajstić information content (AvgIpc) is 2.70. The summed E-state index contributed by atoms with van der Waals surface area (Å²) in [5.74, 6) is -0.694. The summed E-state index contributed by atoms with van der Waals surface area (Å²) in [6.45, 7) is 1.01. The number of carbonyl (C=O) groups is 2. The molecule has 8 nitrogen and oxygen atoms in total. The monoisotopic (exact) mass is 419 g/mol. The minimum absolute atomic E-state index is 0.290. The highest BCUT2D eigenvalue weighted by molar-refractivity contribution is 7.92. The number of sulfonamides is 1. The molecule has 156 valence electrons. The first kappa shape index (κ1) is 22.4. The van der Waals surface area contributed by atoms with Crippen LogP contribution in [0.1, 0.15) is 27.1 Å². The third-order valence-electron chi connectivity index (χ3n) is 4.22. The standard InChI is InChI=1S/C20H25N3O5S/c1-23(29(3,26)27)16-11-9-15(10-12-16)19(24)22-18-8-5-4-7-17(18)20(25)21-13-6-14-28-2/h4-5,7-12H,6,13-14H2,1-3H3,(H,21,25)(H,22,24). The Morgan fingerprint density at radius 2 is 1.69 bits per heavy atom. The molecule has 0 aliphatic heterocycles. The topological polar surface area (TPSA) is 105 Å². The van der Waals surface area contributed by atoms with Gasteiger partial charge in [-0.15, -0.1) is 0 Å². The Kier molecular flexibility index (Phi) is 7.74. The van der Waals surface area contributed by atoms with E-state index in [9.17, 15) is 18.0 Å². The maximum Gasteiger partial charge on any atom is 0.255 e. The molecule has 0 saturated heterocycles. The predicted molar refractivity (Wildman–Crippen MR) is 113 cm³/mol. The van der Waals surface area contributed by atoms with Crippen LogP contribution in [-0.2, 0) is 14.8 Å². The fourth-order valence-corrected chi connectivity index (χ4v) is 3.02. The Morgan fingerprint density at radius 3 is 2.31 bits per heavy atom. The van der Waals surface area contributed by atoms with E-state index in [0.29, 0.717) is 42.1 Å². The van der Waals surface area contributed by atoms with E-state index in [0.717, 1.165) is 10.6 Å². The number of para-hydroxylation sites is 1. The van der Waals surface area contributed by atoms with Crippen molar-refractivity contribution in [3.05, 3.63) is 59.7 Å². The van der Waals surface area contributed by atoms with Gasteiger partial charge in [0.15, 0.2) is 0 Å². The smallest absolute Gasteiger partial charge is 0.255 e. The lowest BCUT2D eigenvalue weighted by Gasteiger charge is -2.17. The highest BCUT2D eigenvalue weighted by Crippen LogP contribution is 2.19. The van der Waals surface area contributed by atoms with Crippen molar-refractivity contribution in [3.63, 3.8) is 0 Å². The quantitative estimate of drug-likeness (QED) is 0.606. The molecule has 29 heavy (non-hydrogen) atoms. The predicted octanol–water partition coefficient (Wildman–Crippen LogP) is 2.10. The number of hydrogen-bond acceptors (Lipinski definition) is 5. The SMILES string of the molecule is COCCCNC(=O)c1ccccc1NC(=O)c1ccc(N(C)S(C)(=O)=O)cc1. The molecule has 0 saturated carbocycles. The summed E-state index contributed by atoms with van der Waals surface area (Å²) in [6, 6.07) is 12.9. The number of carbonyl (C=O) groups excluding carboxylic acids is 2. The van der Waals surface area contributed by atoms with Gasteiger partial charge in [0.25, 0.3) is 11.8 Å². The maximum absolute atomic E-state index is 12.6. The molecule has 0 unspecified atom stereocenters. The van der Waals surface area contributed by atoms with Gasteiger partial charge in [0, 0.05) is 32.9 Å². The molecule has 0 aliphatic carbocycles. The molecule has 2 rings (SSSR count). The van der Waals surface area contributed by atoms with Crippen molar-refractivity contribution >= 4 is 33.2 Å². The molecule has 0 atom stereocenters. The van der Waals surface area contributed by atoms with Gasteiger partial charge < -0.3 is 15.4 Å². The Balaban J connectivity index is 2.10. The third-order valence-corrected chi connectivity index (χ3v) is 5.43. The lowest BCUT2D eigenvalue weighted by atomic mass is 10.1. The van der Waals surface area contributed by atoms with Crippen LogP contribution in [-0.4, -0.2) is 53.8 Å². The van der Waals surface area contributed by atoms with Gasteiger partial charge in [0.05, 0.1) is 23.2 Å². The first-order chi connectivity index (χ1) is 13.7. The molecular formula is C20H25N3O5S. The first-order valence-corrected chi connectivity index (χ1v) is 10.8. The minimum atomic E-state index is -3.38. The molecule has 2 amide bonds. The molecule has 0 radical (unpaired) electrons. The Labute approximate surface area is 170 Å². The maximum atomic E-state index is 12.6. The summed E-state index contributed by atoms with van der Waals surface area (Å²) in [7, 11) is -0.352. The van der Waals surface area contributed by atoms with Crippen LogP contribution in [0.15, 0.2) is 48.5 Å². The number of rotatable bonds is 9. The summed E-state index contributed by atoms with van der Waals surface area (Å²) >= 11 is 0. The fourth-order valence-electron chi connectivity index (χ4n) is 2.51. The number of anilines is 2. The van der Waals surface area contributed by atoms with Crippen molar-refractivity contribution in [1.29, 1.82) is 0 Å². The molecule has 2 N–H and O–H groups in total. The van der Waals surface area contributed by atoms with Gasteiger partial charge in [-0.3, -0.25) is 13.9 Å². The average molecular weight is 420 g/mol. The van der Waals surface area contributed by atoms with Gasteiger partial charge in [-0.05, 0) is 42.8 Å². The van der Waals surface area contributed by atoms with Crippen molar-refractivity contribution in [2.75, 3.05) is 43.2 Å². The second-order valence-corrected chi connectivity index (χ2v) is 8.39. The summed E-state index contributed by atoms with van der Waals surface area (Å²) in [5, 5.41) is 5.52. The number of nitrogens with one attached hydrogen (secondary N) is 2. The lowest BCUT2D eigenvalue weighted by Crippen LogP contribution is -2.27. The van der Waals surface area contributed by atoms with Gasteiger partial charge in [0.1, 0.15) is 0 Å². The van der Waals surface area contributed by atoms with Crippen LogP contribution in [0.2, 0.25) is 0 Å². The number of nitrogens with zero attached hydrogens (tertiary/aromatic N) is 1. The molecule has 0 fully saturated rings. The molecule has 0 aromatic heterocycles. The second kappa shape index (κ2) is 10.0. The van der Waals surface area contributed by atoms with Crippen LogP contribution in [0.4, 0.5) is 11.4 Å². The normalized spacial score (nSPS) is 11.0. The van der Waals surface area contributed by atoms with E-state index in [2.05, 4.69) is 10.6 Å². The number of amides is 2. The molecular weight excluding hydrogens is 394 g/mol. The largest absolute Gasteiger partial charge is 0.385 e. The van der Waals surface area contributed by atoms with Gasteiger partial charge in [-0.1, -0.05) is 12.1 Å². The Morgan fingerprint density at radius 1 is 1.03 bits per heavy atom. The molecule has 2 aromatic carbocycles. The zero-order valence-electron chi connectivity index (χ0n) is 16.6. The van der Waals surface area contributed by atoms with E-state index in [1.165, 1.54) is 19.2 Å². The summed E-state index contributed by atoms with van der Waals surface area (Å²) in [6.07, 6.45) is 1.79. The number of benzene rings is 2. The Bertz CT molecular complexity index is 958. The lowest BCUT2D eigenvalue weighted by molar-refractivity contribution is 0.0949. The highest BCUT2D eigenvalue weighted by atomic mass is 32.2. The van der Waals surface area contributed by atoms with Crippen LogP contribution in [0, 0.1) is 0 Å². The molecule has 2 aromatic rings. The van der Waals surface area contributed by atoms with Crippen molar-refractivity contribution in [2.24, 2.45) is 0 Å².